The Morgan fingerprint density at radius 1 is 1.21 bits per heavy atom. The molecular weight excluding hydrogens is 280 g/mol. The van der Waals surface area contributed by atoms with Crippen molar-refractivity contribution in [1.82, 2.24) is 4.98 Å². The number of nitrogens with zero attached hydrogens (tertiary/aromatic N) is 1. The highest BCUT2D eigenvalue weighted by atomic mass is 32.1. The van der Waals surface area contributed by atoms with Gasteiger partial charge in [0.25, 0.3) is 0 Å². The van der Waals surface area contributed by atoms with Gasteiger partial charge in [-0.1, -0.05) is 18.2 Å². The highest BCUT2D eigenvalue weighted by molar-refractivity contribution is 7.11. The van der Waals surface area contributed by atoms with Crippen LogP contribution in [0.1, 0.15) is 22.4 Å². The maximum absolute atomic E-state index is 13.7. The van der Waals surface area contributed by atoms with Crippen LogP contribution in [0, 0.1) is 5.82 Å². The van der Waals surface area contributed by atoms with Crippen LogP contribution in [0.3, 0.4) is 0 Å². The highest BCUT2D eigenvalue weighted by Gasteiger charge is 2.37. The molecule has 2 aromatic rings. The lowest BCUT2D eigenvalue weighted by atomic mass is 9.91. The van der Waals surface area contributed by atoms with Crippen molar-refractivity contribution in [1.29, 1.82) is 0 Å². The molecule has 1 atom stereocenters. The second-order valence-electron chi connectivity index (χ2n) is 4.21. The number of hydrogen-bond donors (Lipinski definition) is 1. The van der Waals surface area contributed by atoms with Crippen LogP contribution in [-0.2, 0) is 11.7 Å². The number of thiazole rings is 1. The van der Waals surface area contributed by atoms with E-state index in [-0.39, 0.29) is 10.4 Å². The van der Waals surface area contributed by atoms with Crippen LogP contribution in [0.4, 0.5) is 17.6 Å². The van der Waals surface area contributed by atoms with Crippen molar-refractivity contribution in [3.05, 3.63) is 51.7 Å². The Kier molecular flexibility index (Phi) is 3.36. The molecule has 2 rings (SSSR count). The Labute approximate surface area is 110 Å². The van der Waals surface area contributed by atoms with Crippen LogP contribution in [0.2, 0.25) is 0 Å². The van der Waals surface area contributed by atoms with E-state index in [9.17, 15) is 17.6 Å². The monoisotopic (exact) mass is 290 g/mol. The Balaban J connectivity index is 2.46. The molecule has 19 heavy (non-hydrogen) atoms. The van der Waals surface area contributed by atoms with Gasteiger partial charge in [-0.25, -0.2) is 9.37 Å². The minimum Gasteiger partial charge on any atom is -0.317 e. The Bertz CT molecular complexity index is 589. The molecule has 0 spiro atoms. The van der Waals surface area contributed by atoms with Crippen molar-refractivity contribution >= 4 is 11.3 Å². The fourth-order valence-electron chi connectivity index (χ4n) is 1.66. The normalized spacial score (nSPS) is 15.3. The highest BCUT2D eigenvalue weighted by Crippen LogP contribution is 2.38. The van der Waals surface area contributed by atoms with Gasteiger partial charge >= 0.3 is 6.18 Å². The Hall–Kier alpha value is -1.47. The van der Waals surface area contributed by atoms with Crippen LogP contribution in [0.25, 0.3) is 0 Å². The van der Waals surface area contributed by atoms with Crippen molar-refractivity contribution < 1.29 is 17.6 Å². The van der Waals surface area contributed by atoms with E-state index in [2.05, 4.69) is 4.98 Å². The molecular formula is C12H10F4N2S. The van der Waals surface area contributed by atoms with E-state index in [1.54, 1.807) is 6.07 Å². The van der Waals surface area contributed by atoms with Gasteiger partial charge in [-0.2, -0.15) is 13.2 Å². The number of alkyl halides is 3. The number of benzene rings is 1. The molecule has 0 aliphatic rings. The summed E-state index contributed by atoms with van der Waals surface area (Å²) in [5.74, 6) is -0.561. The SMILES string of the molecule is CC(N)(c1cnc(C(F)(F)F)s1)c1ccccc1F. The quantitative estimate of drug-likeness (QED) is 0.859. The van der Waals surface area contributed by atoms with Gasteiger partial charge in [0.05, 0.1) is 5.54 Å². The van der Waals surface area contributed by atoms with Gasteiger partial charge in [-0.3, -0.25) is 0 Å². The average Bonchev–Trinajstić information content (AvgIpc) is 2.78. The molecule has 0 amide bonds. The van der Waals surface area contributed by atoms with Crippen molar-refractivity contribution in [2.75, 3.05) is 0 Å². The van der Waals surface area contributed by atoms with Crippen LogP contribution < -0.4 is 5.73 Å². The summed E-state index contributed by atoms with van der Waals surface area (Å²) < 4.78 is 51.2. The second-order valence-corrected chi connectivity index (χ2v) is 5.24. The molecule has 2 N–H and O–H groups in total. The van der Waals surface area contributed by atoms with Crippen LogP contribution in [0.5, 0.6) is 0 Å². The largest absolute Gasteiger partial charge is 0.443 e. The summed E-state index contributed by atoms with van der Waals surface area (Å²) in [5, 5.41) is -0.990. The Morgan fingerprint density at radius 2 is 1.84 bits per heavy atom. The molecule has 1 unspecified atom stereocenters. The van der Waals surface area contributed by atoms with Crippen molar-refractivity contribution in [2.45, 2.75) is 18.6 Å². The van der Waals surface area contributed by atoms with E-state index in [1.165, 1.54) is 25.1 Å². The van der Waals surface area contributed by atoms with Gasteiger partial charge < -0.3 is 5.73 Å². The zero-order valence-electron chi connectivity index (χ0n) is 9.83. The molecule has 1 aromatic heterocycles. The van der Waals surface area contributed by atoms with E-state index in [0.29, 0.717) is 11.3 Å². The predicted octanol–water partition coefficient (Wildman–Crippen LogP) is 3.52. The summed E-state index contributed by atoms with van der Waals surface area (Å²) >= 11 is 0.423. The zero-order chi connectivity index (χ0) is 14.3. The molecule has 1 heterocycles. The summed E-state index contributed by atoms with van der Waals surface area (Å²) in [4.78, 5) is 3.46. The lowest BCUT2D eigenvalue weighted by Crippen LogP contribution is -2.34. The first-order valence-corrected chi connectivity index (χ1v) is 6.12. The van der Waals surface area contributed by atoms with Gasteiger partial charge in [-0.15, -0.1) is 11.3 Å². The lowest BCUT2D eigenvalue weighted by molar-refractivity contribution is -0.137. The zero-order valence-corrected chi connectivity index (χ0v) is 10.6. The molecule has 0 aliphatic carbocycles. The van der Waals surface area contributed by atoms with Gasteiger partial charge in [0.15, 0.2) is 5.01 Å². The third-order valence-electron chi connectivity index (χ3n) is 2.69. The summed E-state index contributed by atoms with van der Waals surface area (Å²) in [6.45, 7) is 1.46. The fourth-order valence-corrected chi connectivity index (χ4v) is 2.52. The first kappa shape index (κ1) is 14.0. The average molecular weight is 290 g/mol. The molecule has 0 saturated carbocycles. The number of nitrogens with two attached hydrogens (primary N) is 1. The van der Waals surface area contributed by atoms with Crippen molar-refractivity contribution in [2.24, 2.45) is 5.73 Å². The number of rotatable bonds is 2. The summed E-state index contributed by atoms with van der Waals surface area (Å²) in [5.41, 5.74) is 4.76. The summed E-state index contributed by atoms with van der Waals surface area (Å²) in [6.07, 6.45) is -3.48. The van der Waals surface area contributed by atoms with Gasteiger partial charge in [0.2, 0.25) is 0 Å². The fraction of sp³-hybridized carbons (Fsp3) is 0.250. The third kappa shape index (κ3) is 2.62. The van der Waals surface area contributed by atoms with Gasteiger partial charge in [0, 0.05) is 16.6 Å². The molecule has 0 radical (unpaired) electrons. The lowest BCUT2D eigenvalue weighted by Gasteiger charge is -2.23. The maximum atomic E-state index is 13.7. The van der Waals surface area contributed by atoms with E-state index in [1.807, 2.05) is 0 Å². The van der Waals surface area contributed by atoms with E-state index in [0.717, 1.165) is 6.20 Å². The van der Waals surface area contributed by atoms with Crippen molar-refractivity contribution in [3.63, 3.8) is 0 Å². The van der Waals surface area contributed by atoms with Crippen LogP contribution >= 0.6 is 11.3 Å². The first-order chi connectivity index (χ1) is 8.73. The molecule has 0 saturated heterocycles. The Morgan fingerprint density at radius 3 is 2.37 bits per heavy atom. The number of halogens is 4. The van der Waals surface area contributed by atoms with Crippen LogP contribution in [-0.4, -0.2) is 4.98 Å². The van der Waals surface area contributed by atoms with Crippen LogP contribution in [0.15, 0.2) is 30.5 Å². The summed E-state index contributed by atoms with van der Waals surface area (Å²) in [7, 11) is 0. The first-order valence-electron chi connectivity index (χ1n) is 5.30. The van der Waals surface area contributed by atoms with E-state index < -0.39 is 22.5 Å². The molecule has 0 bridgehead atoms. The molecule has 7 heteroatoms. The van der Waals surface area contributed by atoms with Gasteiger partial charge in [-0.05, 0) is 13.0 Å². The minimum absolute atomic E-state index is 0.132. The minimum atomic E-state index is -4.52. The number of hydrogen-bond acceptors (Lipinski definition) is 3. The molecule has 102 valence electrons. The maximum Gasteiger partial charge on any atom is 0.443 e. The van der Waals surface area contributed by atoms with Gasteiger partial charge in [0.1, 0.15) is 5.82 Å². The second kappa shape index (κ2) is 4.57. The standard InChI is InChI=1S/C12H10F4N2S/c1-11(17,7-4-2-3-5-8(7)13)9-6-18-10(19-9)12(14,15)16/h2-6H,17H2,1H3. The molecule has 1 aromatic carbocycles. The smallest absolute Gasteiger partial charge is 0.317 e. The molecule has 2 nitrogen and oxygen atoms in total. The number of aromatic nitrogens is 1. The predicted molar refractivity (Wildman–Crippen MR) is 64.2 cm³/mol. The van der Waals surface area contributed by atoms with Crippen molar-refractivity contribution in [3.8, 4) is 0 Å². The van der Waals surface area contributed by atoms with E-state index in [4.69, 9.17) is 5.73 Å². The molecule has 0 fully saturated rings. The molecule has 0 aliphatic heterocycles. The topological polar surface area (TPSA) is 38.9 Å². The third-order valence-corrected chi connectivity index (χ3v) is 3.97. The van der Waals surface area contributed by atoms with E-state index >= 15 is 0 Å². The summed E-state index contributed by atoms with van der Waals surface area (Å²) in [6, 6.07) is 5.73.